The summed E-state index contributed by atoms with van der Waals surface area (Å²) < 4.78 is 29.0. The highest BCUT2D eigenvalue weighted by atomic mass is 19.3. The van der Waals surface area contributed by atoms with E-state index >= 15 is 0 Å². The van der Waals surface area contributed by atoms with Crippen LogP contribution in [0.1, 0.15) is 13.3 Å². The van der Waals surface area contributed by atoms with E-state index in [0.29, 0.717) is 18.3 Å². The second kappa shape index (κ2) is 6.10. The van der Waals surface area contributed by atoms with Gasteiger partial charge in [-0.05, 0) is 6.42 Å². The van der Waals surface area contributed by atoms with Gasteiger partial charge in [0.05, 0.1) is 13.2 Å². The molecule has 6 heteroatoms. The summed E-state index contributed by atoms with van der Waals surface area (Å²) in [5.74, 6) is 0.736. The molecule has 0 radical (unpaired) electrons. The number of nitrogens with one attached hydrogen (secondary N) is 1. The summed E-state index contributed by atoms with van der Waals surface area (Å²) >= 11 is 0. The van der Waals surface area contributed by atoms with Crippen LogP contribution in [0.15, 0.2) is 12.4 Å². The lowest BCUT2D eigenvalue weighted by Crippen LogP contribution is -2.11. The van der Waals surface area contributed by atoms with Crippen molar-refractivity contribution >= 4 is 5.82 Å². The molecule has 0 aliphatic heterocycles. The Bertz CT molecular complexity index is 296. The zero-order valence-corrected chi connectivity index (χ0v) is 8.41. The van der Waals surface area contributed by atoms with Crippen LogP contribution in [-0.4, -0.2) is 29.5 Å². The van der Waals surface area contributed by atoms with Gasteiger partial charge >= 0.3 is 0 Å². The molecule has 0 amide bonds. The number of anilines is 1. The van der Waals surface area contributed by atoms with Gasteiger partial charge in [0.1, 0.15) is 12.1 Å². The molecular formula is C9H13F2N3O. The molecule has 0 saturated carbocycles. The number of rotatable bonds is 6. The van der Waals surface area contributed by atoms with Crippen LogP contribution in [0.4, 0.5) is 14.6 Å². The van der Waals surface area contributed by atoms with Gasteiger partial charge in [-0.1, -0.05) is 6.92 Å². The quantitative estimate of drug-likeness (QED) is 0.791. The van der Waals surface area contributed by atoms with Gasteiger partial charge in [0, 0.05) is 6.07 Å². The highest BCUT2D eigenvalue weighted by molar-refractivity contribution is 5.36. The van der Waals surface area contributed by atoms with Gasteiger partial charge in [0.2, 0.25) is 5.88 Å². The third kappa shape index (κ3) is 4.53. The third-order valence-corrected chi connectivity index (χ3v) is 1.53. The van der Waals surface area contributed by atoms with Crippen LogP contribution in [0.25, 0.3) is 0 Å². The van der Waals surface area contributed by atoms with E-state index in [1.165, 1.54) is 12.4 Å². The molecule has 1 N–H and O–H groups in total. The first-order valence-electron chi connectivity index (χ1n) is 4.69. The van der Waals surface area contributed by atoms with E-state index in [-0.39, 0.29) is 0 Å². The van der Waals surface area contributed by atoms with Crippen molar-refractivity contribution in [2.24, 2.45) is 0 Å². The van der Waals surface area contributed by atoms with Gasteiger partial charge in [0.25, 0.3) is 6.43 Å². The minimum Gasteiger partial charge on any atom is -0.478 e. The molecule has 0 atom stereocenters. The first-order chi connectivity index (χ1) is 7.22. The van der Waals surface area contributed by atoms with E-state index in [1.807, 2.05) is 6.92 Å². The van der Waals surface area contributed by atoms with Crippen molar-refractivity contribution in [3.63, 3.8) is 0 Å². The van der Waals surface area contributed by atoms with Crippen molar-refractivity contribution in [3.05, 3.63) is 12.4 Å². The first-order valence-corrected chi connectivity index (χ1v) is 4.69. The SMILES string of the molecule is CCCOc1cc(NCC(F)F)ncn1. The number of nitrogens with zero attached hydrogens (tertiary/aromatic N) is 2. The van der Waals surface area contributed by atoms with Crippen LogP contribution >= 0.6 is 0 Å². The Morgan fingerprint density at radius 2 is 2.27 bits per heavy atom. The summed E-state index contributed by atoms with van der Waals surface area (Å²) in [4.78, 5) is 7.63. The molecule has 1 heterocycles. The molecule has 0 fully saturated rings. The van der Waals surface area contributed by atoms with Gasteiger partial charge in [-0.25, -0.2) is 18.7 Å². The lowest BCUT2D eigenvalue weighted by Gasteiger charge is -2.06. The molecule has 4 nitrogen and oxygen atoms in total. The average molecular weight is 217 g/mol. The highest BCUT2D eigenvalue weighted by Crippen LogP contribution is 2.11. The van der Waals surface area contributed by atoms with Crippen LogP contribution in [0.3, 0.4) is 0 Å². The first kappa shape index (κ1) is 11.6. The second-order valence-electron chi connectivity index (χ2n) is 2.86. The van der Waals surface area contributed by atoms with E-state index in [9.17, 15) is 8.78 Å². The van der Waals surface area contributed by atoms with Gasteiger partial charge < -0.3 is 10.1 Å². The number of ether oxygens (including phenoxy) is 1. The molecule has 84 valence electrons. The van der Waals surface area contributed by atoms with E-state index in [4.69, 9.17) is 4.74 Å². The maximum atomic E-state index is 11.9. The molecule has 15 heavy (non-hydrogen) atoms. The number of alkyl halides is 2. The summed E-state index contributed by atoms with van der Waals surface area (Å²) in [6.45, 7) is 2.09. The van der Waals surface area contributed by atoms with Gasteiger partial charge in [0.15, 0.2) is 0 Å². The maximum Gasteiger partial charge on any atom is 0.255 e. The Kier molecular flexibility index (Phi) is 4.73. The number of aromatic nitrogens is 2. The molecule has 0 aliphatic rings. The van der Waals surface area contributed by atoms with Gasteiger partial charge in [-0.15, -0.1) is 0 Å². The molecular weight excluding hydrogens is 204 g/mol. The molecule has 0 saturated heterocycles. The average Bonchev–Trinajstić information content (AvgIpc) is 2.24. The van der Waals surface area contributed by atoms with Crippen molar-refractivity contribution in [2.45, 2.75) is 19.8 Å². The standard InChI is InChI=1S/C9H13F2N3O/c1-2-3-15-9-4-8(13-6-14-9)12-5-7(10)11/h4,6-7H,2-3,5H2,1H3,(H,12,13,14). The zero-order valence-electron chi connectivity index (χ0n) is 8.41. The molecule has 0 bridgehead atoms. The predicted octanol–water partition coefficient (Wildman–Crippen LogP) is 1.94. The summed E-state index contributed by atoms with van der Waals surface area (Å²) in [7, 11) is 0. The van der Waals surface area contributed by atoms with Crippen LogP contribution in [0, 0.1) is 0 Å². The van der Waals surface area contributed by atoms with Crippen LogP contribution in [0.5, 0.6) is 5.88 Å². The molecule has 1 aromatic heterocycles. The fraction of sp³-hybridized carbons (Fsp3) is 0.556. The van der Waals surface area contributed by atoms with E-state index in [2.05, 4.69) is 15.3 Å². The van der Waals surface area contributed by atoms with Gasteiger partial charge in [-0.3, -0.25) is 0 Å². The summed E-state index contributed by atoms with van der Waals surface area (Å²) in [6, 6.07) is 1.50. The van der Waals surface area contributed by atoms with E-state index in [0.717, 1.165) is 6.42 Å². The Morgan fingerprint density at radius 1 is 1.47 bits per heavy atom. The molecule has 0 aromatic carbocycles. The Hall–Kier alpha value is -1.46. The topological polar surface area (TPSA) is 47.0 Å². The summed E-state index contributed by atoms with van der Waals surface area (Å²) in [6.07, 6.45) is -0.261. The van der Waals surface area contributed by atoms with Crippen LogP contribution < -0.4 is 10.1 Å². The largest absolute Gasteiger partial charge is 0.478 e. The number of halogens is 2. The third-order valence-electron chi connectivity index (χ3n) is 1.53. The predicted molar refractivity (Wildman–Crippen MR) is 52.3 cm³/mol. The van der Waals surface area contributed by atoms with Crippen molar-refractivity contribution in [3.8, 4) is 5.88 Å². The van der Waals surface area contributed by atoms with Crippen LogP contribution in [0.2, 0.25) is 0 Å². The monoisotopic (exact) mass is 217 g/mol. The molecule has 0 aliphatic carbocycles. The highest BCUT2D eigenvalue weighted by Gasteiger charge is 2.03. The lowest BCUT2D eigenvalue weighted by atomic mass is 10.5. The van der Waals surface area contributed by atoms with Crippen molar-refractivity contribution in [1.29, 1.82) is 0 Å². The lowest BCUT2D eigenvalue weighted by molar-refractivity contribution is 0.163. The van der Waals surface area contributed by atoms with E-state index < -0.39 is 13.0 Å². The molecule has 1 aromatic rings. The fourth-order valence-corrected chi connectivity index (χ4v) is 0.903. The molecule has 0 spiro atoms. The minimum absolute atomic E-state index is 0.344. The summed E-state index contributed by atoms with van der Waals surface area (Å²) in [5, 5.41) is 2.48. The maximum absolute atomic E-state index is 11.9. The normalized spacial score (nSPS) is 10.4. The second-order valence-corrected chi connectivity index (χ2v) is 2.86. The Balaban J connectivity index is 2.50. The minimum atomic E-state index is -2.40. The van der Waals surface area contributed by atoms with Crippen molar-refractivity contribution in [2.75, 3.05) is 18.5 Å². The van der Waals surface area contributed by atoms with Crippen molar-refractivity contribution in [1.82, 2.24) is 9.97 Å². The summed E-state index contributed by atoms with van der Waals surface area (Å²) in [5.41, 5.74) is 0. The molecule has 0 unspecified atom stereocenters. The number of hydrogen-bond donors (Lipinski definition) is 1. The van der Waals surface area contributed by atoms with Crippen LogP contribution in [-0.2, 0) is 0 Å². The Morgan fingerprint density at radius 3 is 2.93 bits per heavy atom. The van der Waals surface area contributed by atoms with Crippen molar-refractivity contribution < 1.29 is 13.5 Å². The number of hydrogen-bond acceptors (Lipinski definition) is 4. The fourth-order valence-electron chi connectivity index (χ4n) is 0.903. The smallest absolute Gasteiger partial charge is 0.255 e. The zero-order chi connectivity index (χ0) is 11.1. The Labute approximate surface area is 86.7 Å². The van der Waals surface area contributed by atoms with Gasteiger partial charge in [-0.2, -0.15) is 0 Å². The van der Waals surface area contributed by atoms with E-state index in [1.54, 1.807) is 0 Å². The molecule has 1 rings (SSSR count).